The minimum atomic E-state index is -1.32. The molecule has 0 aliphatic heterocycles. The Morgan fingerprint density at radius 2 is 2.10 bits per heavy atom. The van der Waals surface area contributed by atoms with Gasteiger partial charge in [0.15, 0.2) is 0 Å². The summed E-state index contributed by atoms with van der Waals surface area (Å²) in [5, 5.41) is 22.2. The molecule has 1 aromatic rings. The summed E-state index contributed by atoms with van der Waals surface area (Å²) in [4.78, 5) is 33.0. The molecule has 1 atom stereocenters. The van der Waals surface area contributed by atoms with Gasteiger partial charge in [0.2, 0.25) is 5.91 Å². The molecule has 0 spiro atoms. The van der Waals surface area contributed by atoms with Gasteiger partial charge in [-0.2, -0.15) is 0 Å². The van der Waals surface area contributed by atoms with Crippen molar-refractivity contribution in [1.29, 1.82) is 0 Å². The molecule has 0 aromatic heterocycles. The van der Waals surface area contributed by atoms with Gasteiger partial charge in [0.25, 0.3) is 5.69 Å². The summed E-state index contributed by atoms with van der Waals surface area (Å²) >= 11 is 0. The van der Waals surface area contributed by atoms with Gasteiger partial charge in [0.05, 0.1) is 16.2 Å². The molecule has 1 amide bonds. The summed E-state index contributed by atoms with van der Waals surface area (Å²) in [6.07, 6.45) is 2.00. The van der Waals surface area contributed by atoms with Crippen LogP contribution in [0.25, 0.3) is 0 Å². The monoisotopic (exact) mass is 278 g/mol. The van der Waals surface area contributed by atoms with Crippen molar-refractivity contribution < 1.29 is 19.6 Å². The van der Waals surface area contributed by atoms with Crippen LogP contribution in [-0.2, 0) is 4.79 Å². The minimum Gasteiger partial charge on any atom is -0.478 e. The highest BCUT2D eigenvalue weighted by Gasteiger charge is 2.33. The Morgan fingerprint density at radius 1 is 1.45 bits per heavy atom. The SMILES string of the molecule is CC(C(=O)Nc1ccc([N+](=O)[O-])cc1C(=O)O)C1CC1. The Hall–Kier alpha value is -2.44. The van der Waals surface area contributed by atoms with Gasteiger partial charge in [-0.05, 0) is 24.8 Å². The van der Waals surface area contributed by atoms with E-state index in [1.165, 1.54) is 12.1 Å². The van der Waals surface area contributed by atoms with E-state index in [9.17, 15) is 19.7 Å². The zero-order chi connectivity index (χ0) is 14.9. The van der Waals surface area contributed by atoms with Crippen LogP contribution >= 0.6 is 0 Å². The average molecular weight is 278 g/mol. The molecule has 1 saturated carbocycles. The highest BCUT2D eigenvalue weighted by atomic mass is 16.6. The molecule has 2 N–H and O–H groups in total. The van der Waals surface area contributed by atoms with Crippen molar-refractivity contribution in [1.82, 2.24) is 0 Å². The van der Waals surface area contributed by atoms with Crippen LogP contribution in [0.3, 0.4) is 0 Å². The maximum absolute atomic E-state index is 11.9. The molecule has 0 saturated heterocycles. The van der Waals surface area contributed by atoms with Crippen LogP contribution in [0.2, 0.25) is 0 Å². The fraction of sp³-hybridized carbons (Fsp3) is 0.385. The highest BCUT2D eigenvalue weighted by molar-refractivity contribution is 6.01. The van der Waals surface area contributed by atoms with Crippen molar-refractivity contribution >= 4 is 23.3 Å². The molecule has 1 fully saturated rings. The second kappa shape index (κ2) is 5.28. The maximum Gasteiger partial charge on any atom is 0.338 e. The largest absolute Gasteiger partial charge is 0.478 e. The lowest BCUT2D eigenvalue weighted by molar-refractivity contribution is -0.384. The van der Waals surface area contributed by atoms with Gasteiger partial charge >= 0.3 is 5.97 Å². The first kappa shape index (κ1) is 14.0. The first-order valence-corrected chi connectivity index (χ1v) is 6.22. The number of amides is 1. The van der Waals surface area contributed by atoms with Crippen LogP contribution in [-0.4, -0.2) is 21.9 Å². The van der Waals surface area contributed by atoms with Crippen LogP contribution in [0.1, 0.15) is 30.1 Å². The molecule has 7 heteroatoms. The molecular formula is C13H14N2O5. The Bertz CT molecular complexity index is 580. The van der Waals surface area contributed by atoms with E-state index < -0.39 is 10.9 Å². The molecule has 7 nitrogen and oxygen atoms in total. The molecule has 1 aliphatic carbocycles. The quantitative estimate of drug-likeness (QED) is 0.634. The summed E-state index contributed by atoms with van der Waals surface area (Å²) in [5.74, 6) is -1.42. The number of nitro groups is 1. The number of hydrogen-bond donors (Lipinski definition) is 2. The number of nitrogens with zero attached hydrogens (tertiary/aromatic N) is 1. The first-order chi connectivity index (χ1) is 9.40. The predicted octanol–water partition coefficient (Wildman–Crippen LogP) is 2.28. The summed E-state index contributed by atoms with van der Waals surface area (Å²) in [6, 6.07) is 3.36. The van der Waals surface area contributed by atoms with Gasteiger partial charge in [-0.25, -0.2) is 4.79 Å². The van der Waals surface area contributed by atoms with Gasteiger partial charge < -0.3 is 10.4 Å². The van der Waals surface area contributed by atoms with E-state index in [0.29, 0.717) is 5.92 Å². The zero-order valence-corrected chi connectivity index (χ0v) is 10.8. The maximum atomic E-state index is 11.9. The number of carboxylic acids is 1. The van der Waals surface area contributed by atoms with Crippen molar-refractivity contribution in [3.63, 3.8) is 0 Å². The van der Waals surface area contributed by atoms with E-state index in [2.05, 4.69) is 5.32 Å². The fourth-order valence-corrected chi connectivity index (χ4v) is 1.99. The summed E-state index contributed by atoms with van der Waals surface area (Å²) < 4.78 is 0. The number of rotatable bonds is 5. The third-order valence-corrected chi connectivity index (χ3v) is 3.44. The van der Waals surface area contributed by atoms with Crippen molar-refractivity contribution in [2.24, 2.45) is 11.8 Å². The van der Waals surface area contributed by atoms with E-state index in [1.54, 1.807) is 6.92 Å². The minimum absolute atomic E-state index is 0.0839. The molecule has 106 valence electrons. The Kier molecular flexibility index (Phi) is 3.69. The smallest absolute Gasteiger partial charge is 0.338 e. The number of carbonyl (C=O) groups is 2. The summed E-state index contributed by atoms with van der Waals surface area (Å²) in [5.41, 5.74) is -0.521. The molecule has 1 unspecified atom stereocenters. The first-order valence-electron chi connectivity index (χ1n) is 6.22. The standard InChI is InChI=1S/C13H14N2O5/c1-7(8-2-3-8)12(16)14-11-5-4-9(15(19)20)6-10(11)13(17)18/h4-8H,2-3H2,1H3,(H,14,16)(H,17,18). The molecule has 0 radical (unpaired) electrons. The molecular weight excluding hydrogens is 264 g/mol. The van der Waals surface area contributed by atoms with Crippen LogP contribution in [0, 0.1) is 22.0 Å². The van der Waals surface area contributed by atoms with Crippen molar-refractivity contribution in [3.8, 4) is 0 Å². The van der Waals surface area contributed by atoms with E-state index in [0.717, 1.165) is 18.9 Å². The van der Waals surface area contributed by atoms with Gasteiger partial charge in [-0.1, -0.05) is 6.92 Å². The molecule has 1 aliphatic rings. The van der Waals surface area contributed by atoms with Crippen LogP contribution in [0.4, 0.5) is 11.4 Å². The second-order valence-corrected chi connectivity index (χ2v) is 4.91. The number of benzene rings is 1. The lowest BCUT2D eigenvalue weighted by Crippen LogP contribution is -2.23. The zero-order valence-electron chi connectivity index (χ0n) is 10.8. The number of carboxylic acid groups (broad SMARTS) is 1. The lowest BCUT2D eigenvalue weighted by atomic mass is 10.0. The molecule has 0 heterocycles. The van der Waals surface area contributed by atoms with Gasteiger partial charge in [0, 0.05) is 18.1 Å². The van der Waals surface area contributed by atoms with Crippen molar-refractivity contribution in [2.75, 3.05) is 5.32 Å². The fourth-order valence-electron chi connectivity index (χ4n) is 1.99. The van der Waals surface area contributed by atoms with E-state index in [-0.39, 0.29) is 28.8 Å². The molecule has 0 bridgehead atoms. The van der Waals surface area contributed by atoms with Gasteiger partial charge in [-0.3, -0.25) is 14.9 Å². The van der Waals surface area contributed by atoms with Crippen LogP contribution in [0.15, 0.2) is 18.2 Å². The van der Waals surface area contributed by atoms with Crippen LogP contribution in [0.5, 0.6) is 0 Å². The van der Waals surface area contributed by atoms with Crippen molar-refractivity contribution in [3.05, 3.63) is 33.9 Å². The number of anilines is 1. The van der Waals surface area contributed by atoms with Gasteiger partial charge in [-0.15, -0.1) is 0 Å². The van der Waals surface area contributed by atoms with E-state index in [4.69, 9.17) is 5.11 Å². The summed E-state index contributed by atoms with van der Waals surface area (Å²) in [6.45, 7) is 1.79. The average Bonchev–Trinajstić information content (AvgIpc) is 3.21. The molecule has 1 aromatic carbocycles. The lowest BCUT2D eigenvalue weighted by Gasteiger charge is -2.12. The van der Waals surface area contributed by atoms with E-state index in [1.807, 2.05) is 0 Å². The molecule has 20 heavy (non-hydrogen) atoms. The number of carbonyl (C=O) groups excluding carboxylic acids is 1. The summed E-state index contributed by atoms with van der Waals surface area (Å²) in [7, 11) is 0. The predicted molar refractivity (Wildman–Crippen MR) is 70.6 cm³/mol. The Morgan fingerprint density at radius 3 is 2.60 bits per heavy atom. The number of aromatic carboxylic acids is 1. The third kappa shape index (κ3) is 2.93. The Labute approximate surface area is 114 Å². The third-order valence-electron chi connectivity index (χ3n) is 3.44. The number of nitro benzene ring substituents is 1. The normalized spacial score (nSPS) is 15.4. The van der Waals surface area contributed by atoms with E-state index >= 15 is 0 Å². The number of nitrogens with one attached hydrogen (secondary N) is 1. The second-order valence-electron chi connectivity index (χ2n) is 4.91. The molecule has 2 rings (SSSR count). The highest BCUT2D eigenvalue weighted by Crippen LogP contribution is 2.37. The number of hydrogen-bond acceptors (Lipinski definition) is 4. The van der Waals surface area contributed by atoms with Crippen LogP contribution < -0.4 is 5.32 Å². The van der Waals surface area contributed by atoms with Crippen molar-refractivity contribution in [2.45, 2.75) is 19.8 Å². The topological polar surface area (TPSA) is 110 Å². The van der Waals surface area contributed by atoms with Gasteiger partial charge in [0.1, 0.15) is 0 Å². The Balaban J connectivity index is 2.24. The number of non-ortho nitro benzene ring substituents is 1.